The van der Waals surface area contributed by atoms with Crippen LogP contribution in [0, 0.1) is 0 Å². The second-order valence-corrected chi connectivity index (χ2v) is 7.47. The first-order chi connectivity index (χ1) is 9.67. The predicted octanol–water partition coefficient (Wildman–Crippen LogP) is 2.97. The van der Waals surface area contributed by atoms with E-state index in [0.29, 0.717) is 5.82 Å². The summed E-state index contributed by atoms with van der Waals surface area (Å²) in [4.78, 5) is 0. The normalized spacial score (nSPS) is 14.2. The van der Waals surface area contributed by atoms with Crippen molar-refractivity contribution in [2.45, 2.75) is 58.5 Å². The molecule has 1 heterocycles. The van der Waals surface area contributed by atoms with Gasteiger partial charge in [-0.3, -0.25) is 5.32 Å². The van der Waals surface area contributed by atoms with Gasteiger partial charge in [0.25, 0.3) is 0 Å². The zero-order valence-corrected chi connectivity index (χ0v) is 13.7. The van der Waals surface area contributed by atoms with Crippen LogP contribution >= 0.6 is 0 Å². The van der Waals surface area contributed by atoms with Crippen LogP contribution in [0.2, 0.25) is 0 Å². The van der Waals surface area contributed by atoms with Gasteiger partial charge in [-0.1, -0.05) is 50.3 Å². The van der Waals surface area contributed by atoms with E-state index >= 15 is 0 Å². The van der Waals surface area contributed by atoms with Crippen molar-refractivity contribution >= 4 is 0 Å². The quantitative estimate of drug-likeness (QED) is 0.910. The van der Waals surface area contributed by atoms with Crippen LogP contribution in [0.4, 0.5) is 0 Å². The molecular formula is C16H25N5. The number of aromatic amines is 1. The first-order valence-corrected chi connectivity index (χ1v) is 7.28. The van der Waals surface area contributed by atoms with Gasteiger partial charge >= 0.3 is 0 Å². The van der Waals surface area contributed by atoms with Gasteiger partial charge in [-0.05, 0) is 37.3 Å². The largest absolute Gasteiger partial charge is 0.299 e. The Kier molecular flexibility index (Phi) is 4.14. The highest BCUT2D eigenvalue weighted by atomic mass is 15.5. The zero-order chi connectivity index (χ0) is 15.7. The monoisotopic (exact) mass is 287 g/mol. The lowest BCUT2D eigenvalue weighted by Gasteiger charge is -2.27. The van der Waals surface area contributed by atoms with Gasteiger partial charge in [-0.2, -0.15) is 5.21 Å². The lowest BCUT2D eigenvalue weighted by Crippen LogP contribution is -2.39. The van der Waals surface area contributed by atoms with Crippen LogP contribution in [-0.2, 0) is 5.41 Å². The first kappa shape index (κ1) is 15.6. The molecule has 114 valence electrons. The third kappa shape index (κ3) is 4.11. The molecule has 0 saturated heterocycles. The third-order valence-corrected chi connectivity index (χ3v) is 3.31. The lowest BCUT2D eigenvalue weighted by molar-refractivity contribution is 0.382. The smallest absolute Gasteiger partial charge is 0.195 e. The highest BCUT2D eigenvalue weighted by Crippen LogP contribution is 2.26. The van der Waals surface area contributed by atoms with Crippen molar-refractivity contribution in [1.29, 1.82) is 0 Å². The molecule has 5 nitrogen and oxygen atoms in total. The number of hydrogen-bond acceptors (Lipinski definition) is 4. The maximum atomic E-state index is 4.14. The van der Waals surface area contributed by atoms with Crippen molar-refractivity contribution in [2.24, 2.45) is 0 Å². The van der Waals surface area contributed by atoms with Crippen molar-refractivity contribution < 1.29 is 0 Å². The Morgan fingerprint density at radius 1 is 1.00 bits per heavy atom. The van der Waals surface area contributed by atoms with E-state index in [0.717, 1.165) is 5.56 Å². The van der Waals surface area contributed by atoms with E-state index in [2.05, 4.69) is 91.7 Å². The number of rotatable bonds is 3. The molecule has 2 rings (SSSR count). The van der Waals surface area contributed by atoms with Crippen LogP contribution in [-0.4, -0.2) is 26.2 Å². The summed E-state index contributed by atoms with van der Waals surface area (Å²) in [5.41, 5.74) is 2.55. The Balaban J connectivity index is 2.33. The van der Waals surface area contributed by atoms with Gasteiger partial charge in [-0.15, -0.1) is 10.2 Å². The summed E-state index contributed by atoms with van der Waals surface area (Å²) < 4.78 is 0. The summed E-state index contributed by atoms with van der Waals surface area (Å²) in [5, 5.41) is 18.0. The molecule has 0 amide bonds. The van der Waals surface area contributed by atoms with E-state index in [9.17, 15) is 0 Å². The topological polar surface area (TPSA) is 66.5 Å². The van der Waals surface area contributed by atoms with Crippen LogP contribution in [0.5, 0.6) is 0 Å². The SMILES string of the molecule is CC(C)(C)NC(c1ccc(C(C)(C)C)cc1)c1nn[nH]n1. The summed E-state index contributed by atoms with van der Waals surface area (Å²) in [6.45, 7) is 13.0. The molecule has 0 radical (unpaired) electrons. The number of benzene rings is 1. The number of aromatic nitrogens is 4. The minimum absolute atomic E-state index is 0.0476. The Hall–Kier alpha value is -1.75. The molecule has 1 atom stereocenters. The number of tetrazole rings is 1. The number of nitrogens with zero attached hydrogens (tertiary/aromatic N) is 3. The van der Waals surface area contributed by atoms with Crippen LogP contribution in [0.25, 0.3) is 0 Å². The van der Waals surface area contributed by atoms with E-state index in [1.807, 2.05) is 0 Å². The summed E-state index contributed by atoms with van der Waals surface area (Å²) in [6, 6.07) is 8.55. The molecule has 21 heavy (non-hydrogen) atoms. The van der Waals surface area contributed by atoms with Crippen molar-refractivity contribution in [3.05, 3.63) is 41.2 Å². The third-order valence-electron chi connectivity index (χ3n) is 3.31. The summed E-state index contributed by atoms with van der Waals surface area (Å²) in [5.74, 6) is 0.661. The zero-order valence-electron chi connectivity index (χ0n) is 13.7. The summed E-state index contributed by atoms with van der Waals surface area (Å²) >= 11 is 0. The van der Waals surface area contributed by atoms with E-state index in [1.165, 1.54) is 5.56 Å². The van der Waals surface area contributed by atoms with E-state index in [4.69, 9.17) is 0 Å². The Labute approximate surface area is 126 Å². The number of H-pyrrole nitrogens is 1. The molecule has 0 bridgehead atoms. The minimum Gasteiger partial charge on any atom is -0.299 e. The van der Waals surface area contributed by atoms with E-state index in [1.54, 1.807) is 0 Å². The van der Waals surface area contributed by atoms with Gasteiger partial charge < -0.3 is 0 Å². The summed E-state index contributed by atoms with van der Waals surface area (Å²) in [6.07, 6.45) is 0. The number of hydrogen-bond donors (Lipinski definition) is 2. The molecule has 1 unspecified atom stereocenters. The standard InChI is InChI=1S/C16H25N5/c1-15(2,3)12-9-7-11(8-10-12)13(17-16(4,5)6)14-18-20-21-19-14/h7-10,13,17H,1-6H3,(H,18,19,20,21). The molecule has 0 aliphatic carbocycles. The van der Waals surface area contributed by atoms with Crippen LogP contribution in [0.3, 0.4) is 0 Å². The predicted molar refractivity (Wildman–Crippen MR) is 84.1 cm³/mol. The van der Waals surface area contributed by atoms with Crippen molar-refractivity contribution in [1.82, 2.24) is 25.9 Å². The van der Waals surface area contributed by atoms with Crippen molar-refractivity contribution in [2.75, 3.05) is 0 Å². The Bertz CT molecular complexity index is 558. The Morgan fingerprint density at radius 3 is 2.05 bits per heavy atom. The molecule has 1 aromatic heterocycles. The molecule has 0 aliphatic heterocycles. The molecule has 0 spiro atoms. The molecule has 0 fully saturated rings. The molecule has 1 aromatic carbocycles. The van der Waals surface area contributed by atoms with Crippen LogP contribution < -0.4 is 5.32 Å². The lowest BCUT2D eigenvalue weighted by atomic mass is 9.86. The minimum atomic E-state index is -0.0715. The molecule has 2 N–H and O–H groups in total. The average molecular weight is 287 g/mol. The summed E-state index contributed by atoms with van der Waals surface area (Å²) in [7, 11) is 0. The van der Waals surface area contributed by atoms with Gasteiger partial charge in [0.15, 0.2) is 5.82 Å². The van der Waals surface area contributed by atoms with Crippen LogP contribution in [0.1, 0.15) is 64.5 Å². The highest BCUT2D eigenvalue weighted by Gasteiger charge is 2.24. The fraction of sp³-hybridized carbons (Fsp3) is 0.562. The molecule has 0 aliphatic rings. The van der Waals surface area contributed by atoms with Gasteiger partial charge in [0, 0.05) is 5.54 Å². The van der Waals surface area contributed by atoms with Crippen LogP contribution in [0.15, 0.2) is 24.3 Å². The maximum absolute atomic E-state index is 4.14. The van der Waals surface area contributed by atoms with Gasteiger partial charge in [0.1, 0.15) is 0 Å². The number of nitrogens with one attached hydrogen (secondary N) is 2. The van der Waals surface area contributed by atoms with Gasteiger partial charge in [-0.25, -0.2) is 0 Å². The second kappa shape index (κ2) is 5.56. The van der Waals surface area contributed by atoms with Crippen molar-refractivity contribution in [3.8, 4) is 0 Å². The van der Waals surface area contributed by atoms with Gasteiger partial charge in [0.05, 0.1) is 6.04 Å². The van der Waals surface area contributed by atoms with Gasteiger partial charge in [0.2, 0.25) is 0 Å². The molecular weight excluding hydrogens is 262 g/mol. The fourth-order valence-electron chi connectivity index (χ4n) is 2.20. The average Bonchev–Trinajstić information content (AvgIpc) is 2.88. The maximum Gasteiger partial charge on any atom is 0.195 e. The Morgan fingerprint density at radius 2 is 1.62 bits per heavy atom. The molecule has 5 heteroatoms. The van der Waals surface area contributed by atoms with E-state index in [-0.39, 0.29) is 17.0 Å². The van der Waals surface area contributed by atoms with E-state index < -0.39 is 0 Å². The van der Waals surface area contributed by atoms with Crippen molar-refractivity contribution in [3.63, 3.8) is 0 Å². The fourth-order valence-corrected chi connectivity index (χ4v) is 2.20. The molecule has 0 saturated carbocycles. The second-order valence-electron chi connectivity index (χ2n) is 7.47. The highest BCUT2D eigenvalue weighted by molar-refractivity contribution is 5.31. The molecule has 2 aromatic rings. The first-order valence-electron chi connectivity index (χ1n) is 7.28.